The summed E-state index contributed by atoms with van der Waals surface area (Å²) in [4.78, 5) is 6.43. The highest BCUT2D eigenvalue weighted by molar-refractivity contribution is 14.1. The van der Waals surface area contributed by atoms with Crippen LogP contribution < -0.4 is 4.72 Å². The Morgan fingerprint density at radius 3 is 2.14 bits per heavy atom. The number of aromatic amines is 1. The van der Waals surface area contributed by atoms with Crippen molar-refractivity contribution >= 4 is 49.3 Å². The number of fused-ring (bicyclic) bond motifs is 1. The van der Waals surface area contributed by atoms with Crippen LogP contribution in [0.4, 0.5) is 36.4 Å². The van der Waals surface area contributed by atoms with Crippen molar-refractivity contribution in [2.45, 2.75) is 12.4 Å². The number of rotatable bonds is 4. The van der Waals surface area contributed by atoms with Crippen LogP contribution in [0, 0.1) is 9.39 Å². The summed E-state index contributed by atoms with van der Waals surface area (Å²) in [5.74, 6) is -0.909. The number of nitrogens with one attached hydrogen (secondary N) is 2. The molecule has 0 saturated carbocycles. The minimum atomic E-state index is -5.06. The minimum Gasteiger partial charge on any atom is -0.338 e. The van der Waals surface area contributed by atoms with Crippen molar-refractivity contribution in [1.29, 1.82) is 0 Å². The Morgan fingerprint density at radius 1 is 0.917 bits per heavy atom. The second-order valence-corrected chi connectivity index (χ2v) is 10.7. The van der Waals surface area contributed by atoms with Crippen LogP contribution in [0.1, 0.15) is 11.1 Å². The monoisotopic (exact) mass is 643 g/mol. The smallest absolute Gasteiger partial charge is 0.338 e. The summed E-state index contributed by atoms with van der Waals surface area (Å²) >= 11 is 1.91. The van der Waals surface area contributed by atoms with E-state index < -0.39 is 50.4 Å². The summed E-state index contributed by atoms with van der Waals surface area (Å²) in [5.41, 5.74) is -3.09. The highest BCUT2D eigenvalue weighted by Gasteiger charge is 2.39. The van der Waals surface area contributed by atoms with Crippen LogP contribution in [0.15, 0.2) is 48.5 Å². The van der Waals surface area contributed by atoms with E-state index in [0.29, 0.717) is 20.8 Å². The van der Waals surface area contributed by atoms with Crippen molar-refractivity contribution in [1.82, 2.24) is 9.97 Å². The second kappa shape index (κ2) is 8.90. The molecule has 0 bridgehead atoms. The molecule has 0 amide bonds. The number of sulfonamides is 1. The maximum Gasteiger partial charge on any atom is 0.418 e. The molecule has 0 atom stereocenters. The molecule has 0 aliphatic heterocycles. The van der Waals surface area contributed by atoms with Crippen LogP contribution in [0.25, 0.3) is 33.5 Å². The Morgan fingerprint density at radius 2 is 1.58 bits per heavy atom. The molecule has 0 radical (unpaired) electrons. The highest BCUT2D eigenvalue weighted by atomic mass is 127. The zero-order valence-corrected chi connectivity index (χ0v) is 20.8. The molecule has 4 rings (SSSR count). The number of hydrogen-bond acceptors (Lipinski definition) is 3. The largest absolute Gasteiger partial charge is 0.418 e. The molecule has 0 saturated heterocycles. The Kier molecular flexibility index (Phi) is 6.47. The molecule has 3 aromatic carbocycles. The van der Waals surface area contributed by atoms with Crippen molar-refractivity contribution < 1.29 is 39.2 Å². The van der Waals surface area contributed by atoms with Gasteiger partial charge in [-0.3, -0.25) is 4.72 Å². The summed E-state index contributed by atoms with van der Waals surface area (Å²) in [6.45, 7) is 0. The SMILES string of the molecule is CS(=O)(=O)Nc1ccc(-c2ccc(-c3nc4c(C(F)(F)F)cc(C(F)(F)F)cc4[nH]3)cc2I)cc1F. The molecule has 14 heteroatoms. The molecule has 0 aliphatic rings. The molecule has 5 nitrogen and oxygen atoms in total. The zero-order chi connectivity index (χ0) is 26.6. The van der Waals surface area contributed by atoms with Gasteiger partial charge in [0, 0.05) is 9.13 Å². The molecule has 0 aliphatic carbocycles. The molecular formula is C22H13F7IN3O2S. The number of nitrogens with zero attached hydrogens (tertiary/aromatic N) is 1. The molecule has 1 aromatic heterocycles. The topological polar surface area (TPSA) is 74.8 Å². The molecule has 0 spiro atoms. The molecule has 190 valence electrons. The Labute approximate surface area is 212 Å². The fraction of sp³-hybridized carbons (Fsp3) is 0.136. The van der Waals surface area contributed by atoms with Crippen molar-refractivity contribution in [2.24, 2.45) is 0 Å². The van der Waals surface area contributed by atoms with E-state index in [-0.39, 0.29) is 23.1 Å². The number of hydrogen-bond donors (Lipinski definition) is 2. The zero-order valence-electron chi connectivity index (χ0n) is 17.8. The van der Waals surface area contributed by atoms with Crippen molar-refractivity contribution in [3.05, 3.63) is 69.0 Å². The fourth-order valence-electron chi connectivity index (χ4n) is 3.50. The van der Waals surface area contributed by atoms with Crippen LogP contribution in [0.5, 0.6) is 0 Å². The average Bonchev–Trinajstić information content (AvgIpc) is 3.16. The number of halogens is 8. The Bertz CT molecular complexity index is 1600. The number of H-pyrrole nitrogens is 1. The first kappa shape index (κ1) is 26.2. The van der Waals surface area contributed by atoms with Gasteiger partial charge in [0.25, 0.3) is 0 Å². The lowest BCUT2D eigenvalue weighted by molar-refractivity contribution is -0.142. The van der Waals surface area contributed by atoms with E-state index in [1.54, 1.807) is 0 Å². The predicted molar refractivity (Wildman–Crippen MR) is 128 cm³/mol. The van der Waals surface area contributed by atoms with Gasteiger partial charge in [0.15, 0.2) is 0 Å². The van der Waals surface area contributed by atoms with Crippen molar-refractivity contribution in [3.63, 3.8) is 0 Å². The second-order valence-electron chi connectivity index (χ2n) is 7.76. The molecule has 0 fully saturated rings. The summed E-state index contributed by atoms with van der Waals surface area (Å²) in [6.07, 6.45) is -9.17. The number of alkyl halides is 6. The van der Waals surface area contributed by atoms with Gasteiger partial charge >= 0.3 is 12.4 Å². The first-order chi connectivity index (χ1) is 16.5. The van der Waals surface area contributed by atoms with E-state index in [0.717, 1.165) is 12.3 Å². The van der Waals surface area contributed by atoms with Gasteiger partial charge in [0.1, 0.15) is 17.2 Å². The van der Waals surface area contributed by atoms with Gasteiger partial charge in [-0.05, 0) is 64.0 Å². The fourth-order valence-corrected chi connectivity index (χ4v) is 4.89. The molecule has 0 unspecified atom stereocenters. The number of benzene rings is 3. The first-order valence-electron chi connectivity index (χ1n) is 9.79. The normalized spacial score (nSPS) is 12.8. The highest BCUT2D eigenvalue weighted by Crippen LogP contribution is 2.40. The van der Waals surface area contributed by atoms with E-state index >= 15 is 0 Å². The van der Waals surface area contributed by atoms with Crippen molar-refractivity contribution in [3.8, 4) is 22.5 Å². The lowest BCUT2D eigenvalue weighted by atomic mass is 10.0. The Hall–Kier alpha value is -2.88. The van der Waals surface area contributed by atoms with E-state index in [1.165, 1.54) is 30.3 Å². The standard InChI is InChI=1S/C22H13F7IN3O2S/c1-36(34,35)33-17-5-3-10(6-15(17)23)13-4-2-11(7-16(13)30)20-31-18-9-12(21(24,25)26)8-14(19(18)32-20)22(27,28)29/h2-9,33H,1H3,(H,31,32). The van der Waals surface area contributed by atoms with Gasteiger partial charge in [-0.25, -0.2) is 17.8 Å². The van der Waals surface area contributed by atoms with Gasteiger partial charge in [-0.2, -0.15) is 26.3 Å². The van der Waals surface area contributed by atoms with Gasteiger partial charge in [-0.1, -0.05) is 18.2 Å². The molecule has 36 heavy (non-hydrogen) atoms. The molecule has 1 heterocycles. The summed E-state index contributed by atoms with van der Waals surface area (Å²) in [7, 11) is -3.69. The molecular weight excluding hydrogens is 630 g/mol. The molecule has 4 aromatic rings. The summed E-state index contributed by atoms with van der Waals surface area (Å²) in [5, 5.41) is 0. The van der Waals surface area contributed by atoms with Crippen LogP contribution in [0.2, 0.25) is 0 Å². The third-order valence-corrected chi connectivity index (χ3v) is 6.52. The van der Waals surface area contributed by atoms with Gasteiger partial charge in [-0.15, -0.1) is 0 Å². The predicted octanol–water partition coefficient (Wildman–Crippen LogP) is 7.05. The van der Waals surface area contributed by atoms with Crippen LogP contribution in [-0.2, 0) is 22.4 Å². The van der Waals surface area contributed by atoms with E-state index in [9.17, 15) is 39.2 Å². The molecule has 2 N–H and O–H groups in total. The lowest BCUT2D eigenvalue weighted by Crippen LogP contribution is -2.11. The average molecular weight is 643 g/mol. The third-order valence-electron chi connectivity index (χ3n) is 5.04. The van der Waals surface area contributed by atoms with Crippen LogP contribution >= 0.6 is 22.6 Å². The number of imidazole rings is 1. The number of anilines is 1. The lowest BCUT2D eigenvalue weighted by Gasteiger charge is -2.11. The van der Waals surface area contributed by atoms with Crippen LogP contribution in [-0.4, -0.2) is 24.6 Å². The quantitative estimate of drug-likeness (QED) is 0.185. The van der Waals surface area contributed by atoms with E-state index in [1.807, 2.05) is 27.3 Å². The minimum absolute atomic E-state index is 0.0245. The Balaban J connectivity index is 1.76. The van der Waals surface area contributed by atoms with E-state index in [4.69, 9.17) is 0 Å². The maximum atomic E-state index is 14.4. The van der Waals surface area contributed by atoms with Gasteiger partial charge < -0.3 is 4.98 Å². The maximum absolute atomic E-state index is 14.4. The first-order valence-corrected chi connectivity index (χ1v) is 12.8. The van der Waals surface area contributed by atoms with Crippen molar-refractivity contribution in [2.75, 3.05) is 11.0 Å². The van der Waals surface area contributed by atoms with Gasteiger partial charge in [0.05, 0.1) is 28.6 Å². The van der Waals surface area contributed by atoms with E-state index in [2.05, 4.69) is 9.97 Å². The summed E-state index contributed by atoms with van der Waals surface area (Å²) < 4.78 is 119. The summed E-state index contributed by atoms with van der Waals surface area (Å²) in [6, 6.07) is 8.94. The number of aromatic nitrogens is 2. The third kappa shape index (κ3) is 5.43. The van der Waals surface area contributed by atoms with Gasteiger partial charge in [0.2, 0.25) is 10.0 Å². The van der Waals surface area contributed by atoms with Crippen LogP contribution in [0.3, 0.4) is 0 Å².